The number of ketones is 2. The first-order valence-corrected chi connectivity index (χ1v) is 12.6. The number of likely N-dealkylation sites (N-methyl/N-ethyl adjacent to an activating group) is 2. The molecule has 0 saturated carbocycles. The molecule has 7 heteroatoms. The van der Waals surface area contributed by atoms with E-state index in [0.29, 0.717) is 0 Å². The number of allylic oxidation sites excluding steroid dienone is 6. The molecule has 4 rings (SSSR count). The van der Waals surface area contributed by atoms with Crippen LogP contribution in [0.3, 0.4) is 0 Å². The van der Waals surface area contributed by atoms with Crippen molar-refractivity contribution in [3.05, 3.63) is 107 Å². The van der Waals surface area contributed by atoms with Crippen LogP contribution in [0, 0.1) is 0 Å². The van der Waals surface area contributed by atoms with Gasteiger partial charge in [-0.15, -0.1) is 0 Å². The number of aliphatic hydroxyl groups is 2. The molecule has 209 valence electrons. The van der Waals surface area contributed by atoms with Gasteiger partial charge in [0.1, 0.15) is 11.5 Å². The minimum absolute atomic E-state index is 0. The number of hydrogen-bond donors (Lipinski definition) is 2. The third-order valence-electron chi connectivity index (χ3n) is 7.15. The number of carbonyl (C=O) groups excluding carboxylic acids is 2. The maximum absolute atomic E-state index is 11.0. The van der Waals surface area contributed by atoms with Gasteiger partial charge in [-0.2, -0.15) is 0 Å². The molecule has 2 N–H and O–H groups in total. The van der Waals surface area contributed by atoms with Crippen molar-refractivity contribution in [3.63, 3.8) is 0 Å². The average Bonchev–Trinajstić information content (AvgIpc) is 3.14. The fraction of sp³-hybridized carbons (Fsp3) is 0.312. The van der Waals surface area contributed by atoms with E-state index >= 15 is 0 Å². The van der Waals surface area contributed by atoms with Crippen LogP contribution in [0.25, 0.3) is 0 Å². The van der Waals surface area contributed by atoms with Gasteiger partial charge in [0.2, 0.25) is 0 Å². The Morgan fingerprint density at radius 3 is 1.26 bits per heavy atom. The second-order valence-corrected chi connectivity index (χ2v) is 10.8. The molecule has 0 aliphatic carbocycles. The molecule has 0 unspecified atom stereocenters. The monoisotopic (exact) mass is 573 g/mol. The van der Waals surface area contributed by atoms with Gasteiger partial charge in [0, 0.05) is 88.8 Å². The zero-order chi connectivity index (χ0) is 28.4. The van der Waals surface area contributed by atoms with Crippen molar-refractivity contribution in [3.8, 4) is 0 Å². The number of benzene rings is 2. The van der Waals surface area contributed by atoms with Crippen molar-refractivity contribution in [2.75, 3.05) is 23.9 Å². The Labute approximate surface area is 242 Å². The van der Waals surface area contributed by atoms with Gasteiger partial charge < -0.3 is 20.0 Å². The Balaban J connectivity index is 0.000000267. The smallest absolute Gasteiger partial charge is 0.156 e. The molecule has 2 aliphatic rings. The summed E-state index contributed by atoms with van der Waals surface area (Å²) in [7, 11) is 3.95. The van der Waals surface area contributed by atoms with Gasteiger partial charge >= 0.3 is 0 Å². The molecule has 0 aromatic heterocycles. The van der Waals surface area contributed by atoms with Crippen LogP contribution in [-0.4, -0.2) is 35.9 Å². The SMILES string of the molecule is CC(=O)C=C(O)C=C1N(C)c2ccccc2C1(C)C.CC(=O)C=C(O)C=C1N(C)c2ccccc2C1(C)C.[Co]. The minimum Gasteiger partial charge on any atom is -0.508 e. The van der Waals surface area contributed by atoms with E-state index in [4.69, 9.17) is 0 Å². The number of anilines is 2. The van der Waals surface area contributed by atoms with Crippen LogP contribution in [0.15, 0.2) is 95.7 Å². The van der Waals surface area contributed by atoms with E-state index in [0.717, 1.165) is 22.8 Å². The predicted octanol–water partition coefficient (Wildman–Crippen LogP) is 6.66. The molecule has 6 nitrogen and oxygen atoms in total. The van der Waals surface area contributed by atoms with Crippen LogP contribution >= 0.6 is 0 Å². The fourth-order valence-corrected chi connectivity index (χ4v) is 5.30. The Morgan fingerprint density at radius 1 is 0.667 bits per heavy atom. The molecule has 0 bridgehead atoms. The van der Waals surface area contributed by atoms with Crippen LogP contribution in [0.1, 0.15) is 52.7 Å². The summed E-state index contributed by atoms with van der Waals surface area (Å²) in [6.07, 6.45) is 5.81. The van der Waals surface area contributed by atoms with Crippen LogP contribution < -0.4 is 9.80 Å². The van der Waals surface area contributed by atoms with Crippen molar-refractivity contribution in [1.29, 1.82) is 0 Å². The number of nitrogens with zero attached hydrogens (tertiary/aromatic N) is 2. The van der Waals surface area contributed by atoms with E-state index in [9.17, 15) is 19.8 Å². The topological polar surface area (TPSA) is 81.1 Å². The summed E-state index contributed by atoms with van der Waals surface area (Å²) in [6.45, 7) is 11.3. The van der Waals surface area contributed by atoms with Gasteiger partial charge in [-0.25, -0.2) is 0 Å². The molecule has 0 amide bonds. The van der Waals surface area contributed by atoms with Crippen LogP contribution in [0.2, 0.25) is 0 Å². The van der Waals surface area contributed by atoms with Gasteiger partial charge in [-0.1, -0.05) is 64.1 Å². The van der Waals surface area contributed by atoms with E-state index in [-0.39, 0.29) is 50.7 Å². The van der Waals surface area contributed by atoms with E-state index in [1.165, 1.54) is 37.1 Å². The van der Waals surface area contributed by atoms with Gasteiger partial charge in [0.25, 0.3) is 0 Å². The van der Waals surface area contributed by atoms with Crippen LogP contribution in [-0.2, 0) is 37.2 Å². The normalized spacial score (nSPS) is 19.2. The summed E-state index contributed by atoms with van der Waals surface area (Å²) in [5.41, 5.74) is 6.28. The van der Waals surface area contributed by atoms with Gasteiger partial charge in [0.15, 0.2) is 11.6 Å². The van der Waals surface area contributed by atoms with Crippen molar-refractivity contribution in [2.45, 2.75) is 52.4 Å². The van der Waals surface area contributed by atoms with E-state index in [1.807, 2.05) is 38.4 Å². The summed E-state index contributed by atoms with van der Waals surface area (Å²) < 4.78 is 0. The molecule has 1 radical (unpaired) electrons. The summed E-state index contributed by atoms with van der Waals surface area (Å²) in [5.74, 6) is -0.332. The van der Waals surface area contributed by atoms with Crippen LogP contribution in [0.5, 0.6) is 0 Å². The third-order valence-corrected chi connectivity index (χ3v) is 7.15. The second-order valence-electron chi connectivity index (χ2n) is 10.8. The molecule has 2 aliphatic heterocycles. The molecule has 0 fully saturated rings. The van der Waals surface area contributed by atoms with Crippen molar-refractivity contribution in [2.24, 2.45) is 0 Å². The fourth-order valence-electron chi connectivity index (χ4n) is 5.30. The Bertz CT molecular complexity index is 1280. The van der Waals surface area contributed by atoms with E-state index < -0.39 is 0 Å². The summed E-state index contributed by atoms with van der Waals surface area (Å²) in [6, 6.07) is 16.3. The molecule has 2 aromatic rings. The van der Waals surface area contributed by atoms with E-state index in [2.05, 4.69) is 61.8 Å². The first kappa shape index (κ1) is 31.7. The zero-order valence-electron chi connectivity index (χ0n) is 23.9. The first-order chi connectivity index (χ1) is 17.7. The summed E-state index contributed by atoms with van der Waals surface area (Å²) in [4.78, 5) is 26.1. The number of hydrogen-bond acceptors (Lipinski definition) is 6. The van der Waals surface area contributed by atoms with Crippen molar-refractivity contribution >= 4 is 22.9 Å². The summed E-state index contributed by atoms with van der Waals surface area (Å²) in [5, 5.41) is 19.7. The average molecular weight is 574 g/mol. The summed E-state index contributed by atoms with van der Waals surface area (Å²) >= 11 is 0. The largest absolute Gasteiger partial charge is 0.508 e. The molecule has 2 aromatic carbocycles. The number of rotatable bonds is 4. The Hall–Kier alpha value is -3.55. The number of para-hydroxylation sites is 2. The van der Waals surface area contributed by atoms with Crippen molar-refractivity contribution in [1.82, 2.24) is 0 Å². The molecular formula is C32H38CoN2O4. The maximum atomic E-state index is 11.0. The number of fused-ring (bicyclic) bond motifs is 2. The van der Waals surface area contributed by atoms with E-state index in [1.54, 1.807) is 12.2 Å². The standard InChI is InChI=1S/2C16H19NO2.Co/c2*1-11(18)9-12(19)10-15-16(2,3)13-7-5-6-8-14(13)17(15)4;/h2*5-10,19H,1-4H3;. The minimum atomic E-state index is -0.191. The third kappa shape index (κ3) is 6.54. The molecular weight excluding hydrogens is 535 g/mol. The Morgan fingerprint density at radius 2 is 0.974 bits per heavy atom. The quantitative estimate of drug-likeness (QED) is 0.315. The van der Waals surface area contributed by atoms with Crippen molar-refractivity contribution < 1.29 is 36.6 Å². The van der Waals surface area contributed by atoms with Crippen LogP contribution in [0.4, 0.5) is 11.4 Å². The molecule has 2 heterocycles. The number of aliphatic hydroxyl groups excluding tert-OH is 2. The molecule has 0 atom stereocenters. The second kappa shape index (κ2) is 12.1. The number of carbonyl (C=O) groups is 2. The zero-order valence-corrected chi connectivity index (χ0v) is 24.9. The first-order valence-electron chi connectivity index (χ1n) is 12.6. The molecule has 0 spiro atoms. The van der Waals surface area contributed by atoms with Gasteiger partial charge in [-0.3, -0.25) is 9.59 Å². The van der Waals surface area contributed by atoms with Gasteiger partial charge in [0.05, 0.1) is 0 Å². The molecule has 0 saturated heterocycles. The predicted molar refractivity (Wildman–Crippen MR) is 155 cm³/mol. The maximum Gasteiger partial charge on any atom is 0.156 e. The Kier molecular flexibility index (Phi) is 9.82. The van der Waals surface area contributed by atoms with Gasteiger partial charge in [-0.05, 0) is 37.1 Å². The molecule has 39 heavy (non-hydrogen) atoms.